The molecule has 1 amide bonds. The Hall–Kier alpha value is -3.93. The number of nitro benzene ring substituents is 1. The number of hydrogen-bond acceptors (Lipinski definition) is 7. The molecule has 9 nitrogen and oxygen atoms in total. The molecule has 1 saturated heterocycles. The Morgan fingerprint density at radius 1 is 1.17 bits per heavy atom. The highest BCUT2D eigenvalue weighted by molar-refractivity contribution is 5.97. The number of esters is 1. The zero-order chi connectivity index (χ0) is 21.5. The first-order valence-corrected chi connectivity index (χ1v) is 9.44. The molecule has 1 aliphatic heterocycles. The smallest absolute Gasteiger partial charge is 0.338 e. The summed E-state index contributed by atoms with van der Waals surface area (Å²) in [6, 6.07) is 14.6. The topological polar surface area (TPSA) is 117 Å². The van der Waals surface area contributed by atoms with Crippen molar-refractivity contribution in [3.63, 3.8) is 0 Å². The molecule has 0 atom stereocenters. The lowest BCUT2D eigenvalue weighted by Gasteiger charge is -2.19. The van der Waals surface area contributed by atoms with E-state index in [1.807, 2.05) is 11.0 Å². The van der Waals surface area contributed by atoms with Crippen molar-refractivity contribution in [2.24, 2.45) is 0 Å². The van der Waals surface area contributed by atoms with Gasteiger partial charge in [0.2, 0.25) is 0 Å². The normalized spacial score (nSPS) is 12.8. The second-order valence-electron chi connectivity index (χ2n) is 6.70. The minimum atomic E-state index is -0.843. The molecular weight excluding hydrogens is 388 g/mol. The van der Waals surface area contributed by atoms with Crippen molar-refractivity contribution in [3.8, 4) is 6.07 Å². The van der Waals surface area contributed by atoms with Crippen LogP contribution in [0.1, 0.15) is 23.2 Å². The van der Waals surface area contributed by atoms with E-state index in [0.29, 0.717) is 11.4 Å². The Bertz CT molecular complexity index is 981. The lowest BCUT2D eigenvalue weighted by Crippen LogP contribution is -2.35. The number of nitro groups is 1. The number of nitrogens with zero attached hydrogens (tertiary/aromatic N) is 4. The molecule has 0 aromatic heterocycles. The summed E-state index contributed by atoms with van der Waals surface area (Å²) in [5.74, 6) is -1.41. The van der Waals surface area contributed by atoms with Gasteiger partial charge in [-0.3, -0.25) is 19.8 Å². The van der Waals surface area contributed by atoms with Crippen molar-refractivity contribution in [2.75, 3.05) is 36.0 Å². The van der Waals surface area contributed by atoms with Gasteiger partial charge in [0.25, 0.3) is 11.6 Å². The fourth-order valence-electron chi connectivity index (χ4n) is 3.31. The SMILES string of the molecule is N#CCN(C(=O)COC(=O)c1ccc(N2CCCC2)c([N+](=O)[O-])c1)c1ccccc1. The third-order valence-electron chi connectivity index (χ3n) is 4.78. The van der Waals surface area contributed by atoms with Crippen molar-refractivity contribution in [1.29, 1.82) is 5.26 Å². The summed E-state index contributed by atoms with van der Waals surface area (Å²) in [4.78, 5) is 38.9. The summed E-state index contributed by atoms with van der Waals surface area (Å²) < 4.78 is 5.06. The fraction of sp³-hybridized carbons (Fsp3) is 0.286. The van der Waals surface area contributed by atoms with Gasteiger partial charge in [-0.15, -0.1) is 0 Å². The maximum atomic E-state index is 12.5. The molecule has 0 saturated carbocycles. The van der Waals surface area contributed by atoms with Gasteiger partial charge in [0.05, 0.1) is 16.6 Å². The molecule has 1 heterocycles. The van der Waals surface area contributed by atoms with Crippen molar-refractivity contribution >= 4 is 28.9 Å². The Morgan fingerprint density at radius 2 is 1.87 bits per heavy atom. The summed E-state index contributed by atoms with van der Waals surface area (Å²) in [6.07, 6.45) is 1.92. The number of ether oxygens (including phenoxy) is 1. The average Bonchev–Trinajstić information content (AvgIpc) is 3.30. The van der Waals surface area contributed by atoms with Gasteiger partial charge in [-0.25, -0.2) is 4.79 Å². The molecule has 0 bridgehead atoms. The van der Waals surface area contributed by atoms with Crippen LogP contribution in [0, 0.1) is 21.4 Å². The van der Waals surface area contributed by atoms with E-state index in [2.05, 4.69) is 0 Å². The molecule has 3 rings (SSSR count). The highest BCUT2D eigenvalue weighted by atomic mass is 16.6. The molecule has 154 valence electrons. The minimum absolute atomic E-state index is 0.0102. The molecule has 0 unspecified atom stereocenters. The quantitative estimate of drug-likeness (QED) is 0.299. The molecule has 1 fully saturated rings. The van der Waals surface area contributed by atoms with E-state index in [-0.39, 0.29) is 17.8 Å². The Morgan fingerprint density at radius 3 is 2.50 bits per heavy atom. The predicted octanol–water partition coefficient (Wildman–Crippen LogP) is 2.91. The Labute approximate surface area is 173 Å². The number of nitriles is 1. The standard InChI is InChI=1S/C21H20N4O5/c22-10-13-24(17-6-2-1-3-7-17)20(26)15-30-21(27)16-8-9-18(19(14-16)25(28)29)23-11-4-5-12-23/h1-3,6-9,14H,4-5,11-13,15H2. The van der Waals surface area contributed by atoms with Crippen LogP contribution in [0.15, 0.2) is 48.5 Å². The van der Waals surface area contributed by atoms with E-state index in [0.717, 1.165) is 25.9 Å². The van der Waals surface area contributed by atoms with E-state index >= 15 is 0 Å². The lowest BCUT2D eigenvalue weighted by molar-refractivity contribution is -0.384. The van der Waals surface area contributed by atoms with Gasteiger partial charge in [0.15, 0.2) is 6.61 Å². The maximum absolute atomic E-state index is 12.5. The van der Waals surface area contributed by atoms with Gasteiger partial charge in [-0.1, -0.05) is 18.2 Å². The van der Waals surface area contributed by atoms with Gasteiger partial charge in [0, 0.05) is 24.8 Å². The largest absolute Gasteiger partial charge is 0.452 e. The third-order valence-corrected chi connectivity index (χ3v) is 4.78. The summed E-state index contributed by atoms with van der Waals surface area (Å²) in [5.41, 5.74) is 0.789. The molecule has 0 aliphatic carbocycles. The van der Waals surface area contributed by atoms with Gasteiger partial charge in [-0.2, -0.15) is 5.26 Å². The van der Waals surface area contributed by atoms with Crippen molar-refractivity contribution in [1.82, 2.24) is 0 Å². The Balaban J connectivity index is 1.71. The van der Waals surface area contributed by atoms with Crippen molar-refractivity contribution in [3.05, 3.63) is 64.2 Å². The van der Waals surface area contributed by atoms with E-state index in [1.54, 1.807) is 30.3 Å². The van der Waals surface area contributed by atoms with Gasteiger partial charge >= 0.3 is 5.97 Å². The molecule has 0 N–H and O–H groups in total. The highest BCUT2D eigenvalue weighted by Crippen LogP contribution is 2.31. The predicted molar refractivity (Wildman–Crippen MR) is 109 cm³/mol. The number of rotatable bonds is 7. The second-order valence-corrected chi connectivity index (χ2v) is 6.70. The summed E-state index contributed by atoms with van der Waals surface area (Å²) in [6.45, 7) is 0.675. The first-order chi connectivity index (χ1) is 14.5. The molecule has 2 aromatic carbocycles. The molecule has 2 aromatic rings. The number of carbonyl (C=O) groups excluding carboxylic acids is 2. The number of para-hydroxylation sites is 1. The highest BCUT2D eigenvalue weighted by Gasteiger charge is 2.25. The molecule has 30 heavy (non-hydrogen) atoms. The third kappa shape index (κ3) is 4.72. The number of amides is 1. The van der Waals surface area contributed by atoms with Crippen LogP contribution in [-0.4, -0.2) is 43.0 Å². The van der Waals surface area contributed by atoms with Crippen LogP contribution >= 0.6 is 0 Å². The van der Waals surface area contributed by atoms with Gasteiger partial charge in [-0.05, 0) is 37.1 Å². The molecule has 9 heteroatoms. The van der Waals surface area contributed by atoms with Gasteiger partial charge in [0.1, 0.15) is 12.2 Å². The molecular formula is C21H20N4O5. The van der Waals surface area contributed by atoms with Crippen LogP contribution in [0.3, 0.4) is 0 Å². The summed E-state index contributed by atoms with van der Waals surface area (Å²) in [5, 5.41) is 20.5. The number of benzene rings is 2. The summed E-state index contributed by atoms with van der Waals surface area (Å²) >= 11 is 0. The molecule has 0 spiro atoms. The maximum Gasteiger partial charge on any atom is 0.338 e. The van der Waals surface area contributed by atoms with Crippen LogP contribution in [0.2, 0.25) is 0 Å². The fourth-order valence-corrected chi connectivity index (χ4v) is 3.31. The van der Waals surface area contributed by atoms with E-state index in [4.69, 9.17) is 10.00 Å². The van der Waals surface area contributed by atoms with Crippen LogP contribution in [0.25, 0.3) is 0 Å². The summed E-state index contributed by atoms with van der Waals surface area (Å²) in [7, 11) is 0. The average molecular weight is 408 g/mol. The van der Waals surface area contributed by atoms with Crippen molar-refractivity contribution < 1.29 is 19.2 Å². The molecule has 1 aliphatic rings. The first kappa shape index (κ1) is 20.8. The van der Waals surface area contributed by atoms with E-state index in [9.17, 15) is 19.7 Å². The van der Waals surface area contributed by atoms with E-state index < -0.39 is 23.4 Å². The van der Waals surface area contributed by atoms with E-state index in [1.165, 1.54) is 23.1 Å². The van der Waals surface area contributed by atoms with Crippen LogP contribution in [-0.2, 0) is 9.53 Å². The Kier molecular flexibility index (Phi) is 6.60. The first-order valence-electron chi connectivity index (χ1n) is 9.44. The minimum Gasteiger partial charge on any atom is -0.452 e. The number of hydrogen-bond donors (Lipinski definition) is 0. The number of carbonyl (C=O) groups is 2. The molecule has 0 radical (unpaired) electrons. The second kappa shape index (κ2) is 9.52. The zero-order valence-electron chi connectivity index (χ0n) is 16.2. The van der Waals surface area contributed by atoms with Gasteiger partial charge < -0.3 is 9.64 Å². The van der Waals surface area contributed by atoms with Crippen LogP contribution in [0.5, 0.6) is 0 Å². The zero-order valence-corrected chi connectivity index (χ0v) is 16.2. The van der Waals surface area contributed by atoms with Crippen molar-refractivity contribution in [2.45, 2.75) is 12.8 Å². The van der Waals surface area contributed by atoms with Crippen LogP contribution < -0.4 is 9.80 Å². The number of anilines is 2. The van der Waals surface area contributed by atoms with Crippen LogP contribution in [0.4, 0.5) is 17.1 Å². The monoisotopic (exact) mass is 408 g/mol. The lowest BCUT2D eigenvalue weighted by atomic mass is 10.1.